The van der Waals surface area contributed by atoms with Crippen LogP contribution in [-0.2, 0) is 0 Å². The molecule has 0 amide bonds. The smallest absolute Gasteiger partial charge is 0.0870 e. The molecule has 1 heterocycles. The van der Waals surface area contributed by atoms with Crippen LogP contribution in [0.15, 0.2) is 0 Å². The Morgan fingerprint density at radius 1 is 1.55 bits per heavy atom. The lowest BCUT2D eigenvalue weighted by Crippen LogP contribution is -2.34. The largest absolute Gasteiger partial charge is 0.285 e. The molecule has 0 radical (unpaired) electrons. The first-order valence-corrected chi connectivity index (χ1v) is 4.42. The van der Waals surface area contributed by atoms with Crippen LogP contribution in [-0.4, -0.2) is 23.5 Å². The van der Waals surface area contributed by atoms with E-state index in [1.807, 2.05) is 0 Å². The van der Waals surface area contributed by atoms with Crippen LogP contribution in [0.3, 0.4) is 0 Å². The van der Waals surface area contributed by atoms with Gasteiger partial charge in [0.1, 0.15) is 0 Å². The number of rotatable bonds is 2. The van der Waals surface area contributed by atoms with Crippen LogP contribution in [0.2, 0.25) is 0 Å². The van der Waals surface area contributed by atoms with Crippen LogP contribution in [0.25, 0.3) is 0 Å². The van der Waals surface area contributed by atoms with E-state index >= 15 is 0 Å². The number of hydrogen-bond acceptors (Lipinski definition) is 2. The predicted octanol–water partition coefficient (Wildman–Crippen LogP) is 1.77. The van der Waals surface area contributed by atoms with Crippen LogP contribution >= 0.6 is 0 Å². The molecule has 62 valence electrons. The van der Waals surface area contributed by atoms with Gasteiger partial charge < -0.3 is 0 Å². The predicted molar refractivity (Wildman–Crippen MR) is 45.1 cm³/mol. The molecule has 0 saturated carbocycles. The second-order valence-electron chi connectivity index (χ2n) is 3.32. The highest BCUT2D eigenvalue weighted by atomic mass is 15.2. The Balaban J connectivity index is 2.50. The van der Waals surface area contributed by atoms with Crippen molar-refractivity contribution in [3.05, 3.63) is 0 Å². The minimum Gasteiger partial charge on any atom is -0.285 e. The Bertz CT molecular complexity index is 159. The van der Waals surface area contributed by atoms with Crippen molar-refractivity contribution in [2.75, 3.05) is 6.54 Å². The molecule has 1 saturated heterocycles. The quantitative estimate of drug-likeness (QED) is 0.564. The normalized spacial score (nSPS) is 32.1. The van der Waals surface area contributed by atoms with E-state index in [4.69, 9.17) is 5.26 Å². The third-order valence-electron chi connectivity index (χ3n) is 2.68. The summed E-state index contributed by atoms with van der Waals surface area (Å²) in [5, 5.41) is 8.57. The van der Waals surface area contributed by atoms with Crippen molar-refractivity contribution < 1.29 is 0 Å². The molecular formula is C9H16N2. The molecule has 1 aliphatic rings. The van der Waals surface area contributed by atoms with E-state index in [9.17, 15) is 0 Å². The van der Waals surface area contributed by atoms with Gasteiger partial charge in [-0.05, 0) is 26.2 Å². The lowest BCUT2D eigenvalue weighted by Gasteiger charge is -2.24. The Morgan fingerprint density at radius 2 is 2.27 bits per heavy atom. The van der Waals surface area contributed by atoms with Crippen molar-refractivity contribution >= 4 is 0 Å². The monoisotopic (exact) mass is 152 g/mol. The van der Waals surface area contributed by atoms with E-state index in [1.165, 1.54) is 19.3 Å². The molecular weight excluding hydrogens is 136 g/mol. The molecule has 0 N–H and O–H groups in total. The van der Waals surface area contributed by atoms with Gasteiger partial charge in [-0.1, -0.05) is 6.92 Å². The number of hydrogen-bond donors (Lipinski definition) is 0. The maximum Gasteiger partial charge on any atom is 0.0870 e. The van der Waals surface area contributed by atoms with Crippen molar-refractivity contribution in [2.45, 2.75) is 45.2 Å². The second-order valence-corrected chi connectivity index (χ2v) is 3.32. The zero-order valence-corrected chi connectivity index (χ0v) is 7.38. The van der Waals surface area contributed by atoms with Gasteiger partial charge in [-0.15, -0.1) is 0 Å². The first-order chi connectivity index (χ1) is 5.29. The fourth-order valence-electron chi connectivity index (χ4n) is 1.93. The third-order valence-corrected chi connectivity index (χ3v) is 2.68. The van der Waals surface area contributed by atoms with Gasteiger partial charge >= 0.3 is 0 Å². The van der Waals surface area contributed by atoms with Crippen LogP contribution < -0.4 is 0 Å². The Kier molecular flexibility index (Phi) is 2.90. The van der Waals surface area contributed by atoms with Crippen molar-refractivity contribution in [3.63, 3.8) is 0 Å². The van der Waals surface area contributed by atoms with Gasteiger partial charge in [0.2, 0.25) is 0 Å². The molecule has 0 aliphatic carbocycles. The summed E-state index contributed by atoms with van der Waals surface area (Å²) >= 11 is 0. The van der Waals surface area contributed by atoms with Gasteiger partial charge in [0.25, 0.3) is 0 Å². The SMILES string of the molecule is CCC1CCC(C)N1CC#N. The summed E-state index contributed by atoms with van der Waals surface area (Å²) in [7, 11) is 0. The molecule has 1 aliphatic heterocycles. The number of nitriles is 1. The van der Waals surface area contributed by atoms with Gasteiger partial charge in [0, 0.05) is 12.1 Å². The topological polar surface area (TPSA) is 27.0 Å². The molecule has 11 heavy (non-hydrogen) atoms. The van der Waals surface area contributed by atoms with Crippen molar-refractivity contribution in [3.8, 4) is 6.07 Å². The Morgan fingerprint density at radius 3 is 2.82 bits per heavy atom. The highest BCUT2D eigenvalue weighted by Crippen LogP contribution is 2.24. The summed E-state index contributed by atoms with van der Waals surface area (Å²) in [5.74, 6) is 0. The lowest BCUT2D eigenvalue weighted by molar-refractivity contribution is 0.224. The molecule has 0 aromatic rings. The maximum atomic E-state index is 8.57. The van der Waals surface area contributed by atoms with Crippen LogP contribution in [0.4, 0.5) is 0 Å². The van der Waals surface area contributed by atoms with Crippen molar-refractivity contribution in [1.82, 2.24) is 4.90 Å². The van der Waals surface area contributed by atoms with Gasteiger partial charge in [-0.25, -0.2) is 0 Å². The van der Waals surface area contributed by atoms with E-state index in [0.717, 1.165) is 0 Å². The minimum atomic E-state index is 0.611. The molecule has 2 heteroatoms. The van der Waals surface area contributed by atoms with Gasteiger partial charge in [-0.3, -0.25) is 4.90 Å². The third kappa shape index (κ3) is 1.72. The van der Waals surface area contributed by atoms with E-state index in [0.29, 0.717) is 18.6 Å². The van der Waals surface area contributed by atoms with Crippen LogP contribution in [0.1, 0.15) is 33.1 Å². The summed E-state index contributed by atoms with van der Waals surface area (Å²) in [6.45, 7) is 5.03. The molecule has 0 spiro atoms. The molecule has 0 aromatic carbocycles. The Labute approximate surface area is 68.8 Å². The molecule has 1 rings (SSSR count). The summed E-state index contributed by atoms with van der Waals surface area (Å²) < 4.78 is 0. The van der Waals surface area contributed by atoms with Crippen LogP contribution in [0, 0.1) is 11.3 Å². The first kappa shape index (κ1) is 8.55. The molecule has 0 bridgehead atoms. The maximum absolute atomic E-state index is 8.57. The second kappa shape index (κ2) is 3.73. The highest BCUT2D eigenvalue weighted by Gasteiger charge is 2.28. The van der Waals surface area contributed by atoms with Gasteiger partial charge in [-0.2, -0.15) is 5.26 Å². The lowest BCUT2D eigenvalue weighted by atomic mass is 10.2. The number of nitrogens with zero attached hydrogens (tertiary/aromatic N) is 2. The summed E-state index contributed by atoms with van der Waals surface area (Å²) in [6, 6.07) is 3.53. The number of likely N-dealkylation sites (tertiary alicyclic amines) is 1. The zero-order chi connectivity index (χ0) is 8.27. The van der Waals surface area contributed by atoms with Crippen molar-refractivity contribution in [2.24, 2.45) is 0 Å². The zero-order valence-electron chi connectivity index (χ0n) is 7.38. The van der Waals surface area contributed by atoms with E-state index in [1.54, 1.807) is 0 Å². The molecule has 0 aromatic heterocycles. The molecule has 2 nitrogen and oxygen atoms in total. The van der Waals surface area contributed by atoms with Crippen LogP contribution in [0.5, 0.6) is 0 Å². The summed E-state index contributed by atoms with van der Waals surface area (Å²) in [5.41, 5.74) is 0. The van der Waals surface area contributed by atoms with E-state index < -0.39 is 0 Å². The fraction of sp³-hybridized carbons (Fsp3) is 0.889. The Hall–Kier alpha value is -0.550. The van der Waals surface area contributed by atoms with Crippen molar-refractivity contribution in [1.29, 1.82) is 5.26 Å². The molecule has 1 fully saturated rings. The average molecular weight is 152 g/mol. The first-order valence-electron chi connectivity index (χ1n) is 4.42. The van der Waals surface area contributed by atoms with Gasteiger partial charge in [0.05, 0.1) is 12.6 Å². The fourth-order valence-corrected chi connectivity index (χ4v) is 1.93. The summed E-state index contributed by atoms with van der Waals surface area (Å²) in [6.07, 6.45) is 3.73. The minimum absolute atomic E-state index is 0.611. The van der Waals surface area contributed by atoms with Gasteiger partial charge in [0.15, 0.2) is 0 Å². The van der Waals surface area contributed by atoms with E-state index in [-0.39, 0.29) is 0 Å². The average Bonchev–Trinajstić information content (AvgIpc) is 2.34. The molecule has 2 atom stereocenters. The summed E-state index contributed by atoms with van der Waals surface area (Å²) in [4.78, 5) is 2.32. The molecule has 2 unspecified atom stereocenters. The van der Waals surface area contributed by atoms with E-state index in [2.05, 4.69) is 24.8 Å². The standard InChI is InChI=1S/C9H16N2/c1-3-9-5-4-8(2)11(9)7-6-10/h8-9H,3-5,7H2,1-2H3. The highest BCUT2D eigenvalue weighted by molar-refractivity contribution is 4.89.